The molecule has 88 valence electrons. The summed E-state index contributed by atoms with van der Waals surface area (Å²) >= 11 is 0. The van der Waals surface area contributed by atoms with E-state index in [-0.39, 0.29) is 6.10 Å². The lowest BCUT2D eigenvalue weighted by Gasteiger charge is -2.10. The summed E-state index contributed by atoms with van der Waals surface area (Å²) in [5.74, 6) is 0.606. The molecule has 1 unspecified atom stereocenters. The number of nitrogens with one attached hydrogen (secondary N) is 1. The van der Waals surface area contributed by atoms with Gasteiger partial charge in [-0.15, -0.1) is 0 Å². The van der Waals surface area contributed by atoms with Crippen molar-refractivity contribution in [3.05, 3.63) is 36.0 Å². The number of nitrogens with two attached hydrogens (primary N) is 1. The maximum Gasteiger partial charge on any atom is 0.126 e. The Labute approximate surface area is 99.8 Å². The van der Waals surface area contributed by atoms with Crippen LogP contribution in [-0.4, -0.2) is 16.8 Å². The lowest BCUT2D eigenvalue weighted by Crippen LogP contribution is -1.95. The van der Waals surface area contributed by atoms with E-state index < -0.39 is 0 Å². The standard InChI is InChI=1S/C13H15N3O/c14-13-11(8-15-16-13)9-3-5-10(6-4-9)12-2-1-7-17-12/h3-6,8,12H,1-2,7H2,(H3,14,15,16). The minimum absolute atomic E-state index is 0.269. The molecule has 0 saturated carbocycles. The Kier molecular flexibility index (Phi) is 2.57. The first-order chi connectivity index (χ1) is 8.34. The number of ether oxygens (including phenoxy) is 1. The quantitative estimate of drug-likeness (QED) is 0.831. The molecular formula is C13H15N3O. The number of H-pyrrole nitrogens is 1. The van der Waals surface area contributed by atoms with Crippen molar-refractivity contribution >= 4 is 5.82 Å². The maximum absolute atomic E-state index is 5.79. The lowest BCUT2D eigenvalue weighted by atomic mass is 10.0. The van der Waals surface area contributed by atoms with Crippen molar-refractivity contribution in [3.8, 4) is 11.1 Å². The molecule has 0 amide bonds. The molecule has 0 bridgehead atoms. The first kappa shape index (κ1) is 10.4. The van der Waals surface area contributed by atoms with Gasteiger partial charge in [0.25, 0.3) is 0 Å². The van der Waals surface area contributed by atoms with Crippen LogP contribution in [-0.2, 0) is 4.74 Å². The van der Waals surface area contributed by atoms with Gasteiger partial charge in [0.1, 0.15) is 5.82 Å². The van der Waals surface area contributed by atoms with Gasteiger partial charge in [-0.1, -0.05) is 24.3 Å². The van der Waals surface area contributed by atoms with Crippen LogP contribution in [0.2, 0.25) is 0 Å². The van der Waals surface area contributed by atoms with Gasteiger partial charge in [0.05, 0.1) is 12.3 Å². The molecule has 17 heavy (non-hydrogen) atoms. The van der Waals surface area contributed by atoms with E-state index in [1.807, 2.05) is 0 Å². The van der Waals surface area contributed by atoms with E-state index in [2.05, 4.69) is 34.5 Å². The molecule has 1 aromatic heterocycles. The number of hydrogen-bond acceptors (Lipinski definition) is 3. The molecule has 1 aromatic carbocycles. The summed E-state index contributed by atoms with van der Waals surface area (Å²) in [5, 5.41) is 6.66. The van der Waals surface area contributed by atoms with E-state index >= 15 is 0 Å². The van der Waals surface area contributed by atoms with Crippen LogP contribution in [0.1, 0.15) is 24.5 Å². The molecule has 0 aliphatic carbocycles. The first-order valence-corrected chi connectivity index (χ1v) is 5.85. The van der Waals surface area contributed by atoms with E-state index in [1.165, 1.54) is 5.56 Å². The Morgan fingerprint density at radius 2 is 2.12 bits per heavy atom. The third-order valence-corrected chi connectivity index (χ3v) is 3.19. The molecule has 2 heterocycles. The molecule has 3 rings (SSSR count). The van der Waals surface area contributed by atoms with Crippen LogP contribution in [0.3, 0.4) is 0 Å². The van der Waals surface area contributed by atoms with E-state index in [0.29, 0.717) is 5.82 Å². The highest BCUT2D eigenvalue weighted by Gasteiger charge is 2.17. The van der Waals surface area contributed by atoms with Gasteiger partial charge in [0, 0.05) is 12.2 Å². The average molecular weight is 229 g/mol. The summed E-state index contributed by atoms with van der Waals surface area (Å²) in [6, 6.07) is 8.35. The smallest absolute Gasteiger partial charge is 0.126 e. The zero-order valence-corrected chi connectivity index (χ0v) is 9.52. The van der Waals surface area contributed by atoms with Crippen LogP contribution >= 0.6 is 0 Å². The highest BCUT2D eigenvalue weighted by molar-refractivity contribution is 5.73. The van der Waals surface area contributed by atoms with Gasteiger partial charge in [-0.25, -0.2) is 0 Å². The molecule has 1 aliphatic rings. The minimum atomic E-state index is 0.269. The van der Waals surface area contributed by atoms with E-state index in [0.717, 1.165) is 30.6 Å². The number of nitrogens with zero attached hydrogens (tertiary/aromatic N) is 1. The molecule has 0 spiro atoms. The van der Waals surface area contributed by atoms with Gasteiger partial charge in [-0.2, -0.15) is 5.10 Å². The molecule has 4 heteroatoms. The second kappa shape index (κ2) is 4.22. The number of hydrogen-bond donors (Lipinski definition) is 2. The number of anilines is 1. The van der Waals surface area contributed by atoms with Crippen LogP contribution in [0.4, 0.5) is 5.82 Å². The highest BCUT2D eigenvalue weighted by atomic mass is 16.5. The van der Waals surface area contributed by atoms with Crippen molar-refractivity contribution in [2.45, 2.75) is 18.9 Å². The zero-order valence-electron chi connectivity index (χ0n) is 9.52. The van der Waals surface area contributed by atoms with Crippen molar-refractivity contribution in [1.82, 2.24) is 10.2 Å². The predicted octanol–water partition coefficient (Wildman–Crippen LogP) is 2.51. The van der Waals surface area contributed by atoms with Gasteiger partial charge < -0.3 is 10.5 Å². The van der Waals surface area contributed by atoms with E-state index in [4.69, 9.17) is 10.5 Å². The number of aromatic amines is 1. The fourth-order valence-corrected chi connectivity index (χ4v) is 2.24. The fraction of sp³-hybridized carbons (Fsp3) is 0.308. The zero-order chi connectivity index (χ0) is 11.7. The molecule has 1 fully saturated rings. The van der Waals surface area contributed by atoms with Crippen molar-refractivity contribution in [2.24, 2.45) is 0 Å². The molecule has 1 aliphatic heterocycles. The van der Waals surface area contributed by atoms with Crippen molar-refractivity contribution in [3.63, 3.8) is 0 Å². The summed E-state index contributed by atoms with van der Waals surface area (Å²) in [4.78, 5) is 0. The van der Waals surface area contributed by atoms with Crippen LogP contribution in [0.5, 0.6) is 0 Å². The van der Waals surface area contributed by atoms with Crippen molar-refractivity contribution in [1.29, 1.82) is 0 Å². The Balaban J connectivity index is 1.87. The Morgan fingerprint density at radius 3 is 2.71 bits per heavy atom. The molecule has 3 N–H and O–H groups in total. The summed E-state index contributed by atoms with van der Waals surface area (Å²) in [6.45, 7) is 0.876. The second-order valence-electron chi connectivity index (χ2n) is 4.32. The third-order valence-electron chi connectivity index (χ3n) is 3.19. The Morgan fingerprint density at radius 1 is 1.29 bits per heavy atom. The summed E-state index contributed by atoms with van der Waals surface area (Å²) < 4.78 is 5.65. The molecule has 0 radical (unpaired) electrons. The SMILES string of the molecule is Nc1[nH]ncc1-c1ccc(C2CCCO2)cc1. The molecular weight excluding hydrogens is 214 g/mol. The van der Waals surface area contributed by atoms with Crippen molar-refractivity contribution in [2.75, 3.05) is 12.3 Å². The van der Waals surface area contributed by atoms with E-state index in [1.54, 1.807) is 6.20 Å². The summed E-state index contributed by atoms with van der Waals surface area (Å²) in [7, 11) is 0. The van der Waals surface area contributed by atoms with Crippen LogP contribution in [0.15, 0.2) is 30.5 Å². The number of aromatic nitrogens is 2. The fourth-order valence-electron chi connectivity index (χ4n) is 2.24. The number of rotatable bonds is 2. The van der Waals surface area contributed by atoms with Crippen LogP contribution in [0, 0.1) is 0 Å². The second-order valence-corrected chi connectivity index (χ2v) is 4.32. The highest BCUT2D eigenvalue weighted by Crippen LogP contribution is 2.30. The Hall–Kier alpha value is -1.81. The van der Waals surface area contributed by atoms with Gasteiger partial charge in [-0.3, -0.25) is 5.10 Å². The number of benzene rings is 1. The summed E-state index contributed by atoms with van der Waals surface area (Å²) in [5.41, 5.74) is 9.06. The average Bonchev–Trinajstić information content (AvgIpc) is 3.00. The van der Waals surface area contributed by atoms with Gasteiger partial charge in [0.15, 0.2) is 0 Å². The topological polar surface area (TPSA) is 63.9 Å². The minimum Gasteiger partial charge on any atom is -0.384 e. The van der Waals surface area contributed by atoms with Gasteiger partial charge in [-0.05, 0) is 24.0 Å². The molecule has 1 atom stereocenters. The third kappa shape index (κ3) is 1.91. The first-order valence-electron chi connectivity index (χ1n) is 5.85. The molecule has 1 saturated heterocycles. The van der Waals surface area contributed by atoms with Gasteiger partial charge >= 0.3 is 0 Å². The van der Waals surface area contributed by atoms with Crippen molar-refractivity contribution < 1.29 is 4.74 Å². The van der Waals surface area contributed by atoms with Crippen LogP contribution < -0.4 is 5.73 Å². The van der Waals surface area contributed by atoms with E-state index in [9.17, 15) is 0 Å². The Bertz CT molecular complexity index is 498. The normalized spacial score (nSPS) is 19.6. The maximum atomic E-state index is 5.79. The van der Waals surface area contributed by atoms with Crippen LogP contribution in [0.25, 0.3) is 11.1 Å². The summed E-state index contributed by atoms with van der Waals surface area (Å²) in [6.07, 6.45) is 4.29. The molecule has 2 aromatic rings. The monoisotopic (exact) mass is 229 g/mol. The largest absolute Gasteiger partial charge is 0.384 e. The van der Waals surface area contributed by atoms with Gasteiger partial charge in [0.2, 0.25) is 0 Å². The predicted molar refractivity (Wildman–Crippen MR) is 66.4 cm³/mol. The lowest BCUT2D eigenvalue weighted by molar-refractivity contribution is 0.112. The number of nitrogen functional groups attached to an aromatic ring is 1. The molecule has 4 nitrogen and oxygen atoms in total.